The molecule has 96 valence electrons. The number of nitrogens with zero attached hydrogens (tertiary/aromatic N) is 2. The van der Waals surface area contributed by atoms with Gasteiger partial charge in [-0.2, -0.15) is 5.10 Å². The average Bonchev–Trinajstić information content (AvgIpc) is 2.81. The molecular formula is C12H13F2N3O. The normalized spacial score (nSPS) is 10.6. The van der Waals surface area contributed by atoms with Crippen LogP contribution in [0.15, 0.2) is 24.5 Å². The third-order valence-corrected chi connectivity index (χ3v) is 2.53. The number of anilines is 1. The average molecular weight is 253 g/mol. The molecule has 1 aromatic carbocycles. The van der Waals surface area contributed by atoms with Crippen LogP contribution in [0.4, 0.5) is 14.5 Å². The van der Waals surface area contributed by atoms with Gasteiger partial charge in [-0.25, -0.2) is 8.78 Å². The first kappa shape index (κ1) is 12.3. The molecule has 0 unspecified atom stereocenters. The number of aromatic nitrogens is 2. The van der Waals surface area contributed by atoms with Gasteiger partial charge in [0.25, 0.3) is 0 Å². The Morgan fingerprint density at radius 2 is 2.00 bits per heavy atom. The van der Waals surface area contributed by atoms with Crippen molar-refractivity contribution in [3.63, 3.8) is 0 Å². The van der Waals surface area contributed by atoms with Crippen LogP contribution in [0.3, 0.4) is 0 Å². The van der Waals surface area contributed by atoms with Gasteiger partial charge >= 0.3 is 0 Å². The van der Waals surface area contributed by atoms with Crippen LogP contribution in [-0.2, 0) is 13.1 Å². The molecule has 4 nitrogen and oxygen atoms in total. The first-order valence-electron chi connectivity index (χ1n) is 5.53. The van der Waals surface area contributed by atoms with Crippen molar-refractivity contribution in [2.45, 2.75) is 20.0 Å². The van der Waals surface area contributed by atoms with E-state index in [9.17, 15) is 8.78 Å². The van der Waals surface area contributed by atoms with Gasteiger partial charge in [0.15, 0.2) is 17.4 Å². The minimum Gasteiger partial charge on any atom is -0.503 e. The smallest absolute Gasteiger partial charge is 0.187 e. The van der Waals surface area contributed by atoms with E-state index in [2.05, 4.69) is 10.4 Å². The van der Waals surface area contributed by atoms with Crippen LogP contribution in [0.1, 0.15) is 12.5 Å². The van der Waals surface area contributed by atoms with Crippen LogP contribution < -0.4 is 5.32 Å². The highest BCUT2D eigenvalue weighted by Gasteiger charge is 2.09. The lowest BCUT2D eigenvalue weighted by molar-refractivity contribution is 0.395. The van der Waals surface area contributed by atoms with E-state index in [0.717, 1.165) is 24.4 Å². The zero-order valence-corrected chi connectivity index (χ0v) is 9.82. The Kier molecular flexibility index (Phi) is 3.45. The summed E-state index contributed by atoms with van der Waals surface area (Å²) in [5.74, 6) is -2.87. The highest BCUT2D eigenvalue weighted by molar-refractivity contribution is 5.40. The largest absolute Gasteiger partial charge is 0.503 e. The summed E-state index contributed by atoms with van der Waals surface area (Å²) in [4.78, 5) is 0. The lowest BCUT2D eigenvalue weighted by atomic mass is 10.2. The zero-order valence-electron chi connectivity index (χ0n) is 9.82. The van der Waals surface area contributed by atoms with Crippen molar-refractivity contribution in [2.75, 3.05) is 5.32 Å². The van der Waals surface area contributed by atoms with Gasteiger partial charge in [-0.15, -0.1) is 0 Å². The number of rotatable bonds is 4. The molecule has 0 amide bonds. The van der Waals surface area contributed by atoms with Gasteiger partial charge < -0.3 is 10.4 Å². The third-order valence-electron chi connectivity index (χ3n) is 2.53. The predicted molar refractivity (Wildman–Crippen MR) is 63.3 cm³/mol. The molecule has 18 heavy (non-hydrogen) atoms. The van der Waals surface area contributed by atoms with Crippen molar-refractivity contribution in [1.29, 1.82) is 0 Å². The maximum atomic E-state index is 13.1. The van der Waals surface area contributed by atoms with Crippen molar-refractivity contribution >= 4 is 5.69 Å². The zero-order chi connectivity index (χ0) is 13.1. The fraction of sp³-hybridized carbons (Fsp3) is 0.250. The monoisotopic (exact) mass is 253 g/mol. The van der Waals surface area contributed by atoms with Gasteiger partial charge in [-0.1, -0.05) is 0 Å². The fourth-order valence-corrected chi connectivity index (χ4v) is 1.55. The third kappa shape index (κ3) is 2.58. The van der Waals surface area contributed by atoms with Crippen molar-refractivity contribution in [3.05, 3.63) is 41.7 Å². The second-order valence-corrected chi connectivity index (χ2v) is 3.85. The molecule has 2 N–H and O–H groups in total. The second kappa shape index (κ2) is 5.03. The van der Waals surface area contributed by atoms with Gasteiger partial charge in [0.05, 0.1) is 11.9 Å². The topological polar surface area (TPSA) is 50.1 Å². The Labute approximate surface area is 103 Å². The number of aryl methyl sites for hydroxylation is 1. The quantitative estimate of drug-likeness (QED) is 0.880. The van der Waals surface area contributed by atoms with Gasteiger partial charge in [-0.3, -0.25) is 4.68 Å². The van der Waals surface area contributed by atoms with Crippen LogP contribution >= 0.6 is 0 Å². The molecule has 0 saturated carbocycles. The minimum absolute atomic E-state index is 0.253. The summed E-state index contributed by atoms with van der Waals surface area (Å²) in [5.41, 5.74) is 1.18. The number of phenolic OH excluding ortho intramolecular Hbond substituents is 1. The van der Waals surface area contributed by atoms with Gasteiger partial charge in [0.1, 0.15) is 0 Å². The highest BCUT2D eigenvalue weighted by atomic mass is 19.1. The lowest BCUT2D eigenvalue weighted by Gasteiger charge is -2.05. The van der Waals surface area contributed by atoms with Crippen molar-refractivity contribution in [1.82, 2.24) is 9.78 Å². The van der Waals surface area contributed by atoms with Crippen LogP contribution in [0, 0.1) is 11.6 Å². The molecule has 1 aromatic heterocycles. The molecule has 0 aliphatic carbocycles. The standard InChI is InChI=1S/C12H13F2N3O/c1-2-17-7-9(6-16-17)15-5-8-3-10(13)12(18)11(14)4-8/h3-4,6-7,15,18H,2,5H2,1H3. The van der Waals surface area contributed by atoms with E-state index >= 15 is 0 Å². The maximum absolute atomic E-state index is 13.1. The number of hydrogen-bond donors (Lipinski definition) is 2. The SMILES string of the molecule is CCn1cc(NCc2cc(F)c(O)c(F)c2)cn1. The predicted octanol–water partition coefficient (Wildman–Crippen LogP) is 2.50. The summed E-state index contributed by atoms with van der Waals surface area (Å²) in [7, 11) is 0. The first-order valence-corrected chi connectivity index (χ1v) is 5.53. The molecule has 0 saturated heterocycles. The van der Waals surface area contributed by atoms with E-state index < -0.39 is 17.4 Å². The number of hydrogen-bond acceptors (Lipinski definition) is 3. The summed E-state index contributed by atoms with van der Waals surface area (Å²) in [6, 6.07) is 2.19. The van der Waals surface area contributed by atoms with E-state index in [1.165, 1.54) is 0 Å². The second-order valence-electron chi connectivity index (χ2n) is 3.85. The van der Waals surface area contributed by atoms with Gasteiger partial charge in [0, 0.05) is 19.3 Å². The molecule has 0 radical (unpaired) electrons. The van der Waals surface area contributed by atoms with Crippen molar-refractivity contribution in [2.24, 2.45) is 0 Å². The number of halogens is 2. The summed E-state index contributed by atoms with van der Waals surface area (Å²) in [6.45, 7) is 2.97. The van der Waals surface area contributed by atoms with E-state index in [4.69, 9.17) is 5.11 Å². The van der Waals surface area contributed by atoms with Crippen LogP contribution in [0.25, 0.3) is 0 Å². The van der Waals surface area contributed by atoms with E-state index in [0.29, 0.717) is 5.56 Å². The summed E-state index contributed by atoms with van der Waals surface area (Å²) < 4.78 is 27.9. The Bertz CT molecular complexity index is 531. The van der Waals surface area contributed by atoms with Gasteiger partial charge in [-0.05, 0) is 24.6 Å². The molecule has 2 aromatic rings. The molecule has 6 heteroatoms. The van der Waals surface area contributed by atoms with Crippen LogP contribution in [0.2, 0.25) is 0 Å². The molecule has 0 aliphatic heterocycles. The van der Waals surface area contributed by atoms with E-state index in [1.54, 1.807) is 17.1 Å². The molecule has 0 fully saturated rings. The van der Waals surface area contributed by atoms with E-state index in [1.807, 2.05) is 6.92 Å². The summed E-state index contributed by atoms with van der Waals surface area (Å²) >= 11 is 0. The molecular weight excluding hydrogens is 240 g/mol. The van der Waals surface area contributed by atoms with Gasteiger partial charge in [0.2, 0.25) is 0 Å². The number of nitrogens with one attached hydrogen (secondary N) is 1. The lowest BCUT2D eigenvalue weighted by Crippen LogP contribution is -2.00. The molecule has 0 spiro atoms. The van der Waals surface area contributed by atoms with E-state index in [-0.39, 0.29) is 6.54 Å². The molecule has 0 aliphatic rings. The van der Waals surface area contributed by atoms with Crippen molar-refractivity contribution in [3.8, 4) is 5.75 Å². The minimum atomic E-state index is -0.962. The van der Waals surface area contributed by atoms with Crippen LogP contribution in [0.5, 0.6) is 5.75 Å². The number of aromatic hydroxyl groups is 1. The number of benzene rings is 1. The Morgan fingerprint density at radius 1 is 1.33 bits per heavy atom. The first-order chi connectivity index (χ1) is 8.60. The Morgan fingerprint density at radius 3 is 2.56 bits per heavy atom. The van der Waals surface area contributed by atoms with Crippen molar-refractivity contribution < 1.29 is 13.9 Å². The summed E-state index contributed by atoms with van der Waals surface area (Å²) in [6.07, 6.45) is 3.43. The molecule has 2 rings (SSSR count). The molecule has 0 atom stereocenters. The fourth-order valence-electron chi connectivity index (χ4n) is 1.55. The van der Waals surface area contributed by atoms with Crippen LogP contribution in [-0.4, -0.2) is 14.9 Å². The number of phenols is 1. The highest BCUT2D eigenvalue weighted by Crippen LogP contribution is 2.21. The maximum Gasteiger partial charge on any atom is 0.187 e. The molecule has 0 bridgehead atoms. The summed E-state index contributed by atoms with van der Waals surface area (Å²) in [5, 5.41) is 16.0. The Hall–Kier alpha value is -2.11. The Balaban J connectivity index is 2.06. The molecule has 1 heterocycles.